The third kappa shape index (κ3) is 5.33. The average Bonchev–Trinajstić information content (AvgIpc) is 2.82. The van der Waals surface area contributed by atoms with E-state index in [4.69, 9.17) is 14.2 Å². The minimum Gasteiger partial charge on any atom is -0.493 e. The third-order valence-corrected chi connectivity index (χ3v) is 4.61. The maximum atomic E-state index is 12.7. The number of nitrogens with one attached hydrogen (secondary N) is 2. The van der Waals surface area contributed by atoms with Crippen LogP contribution >= 0.6 is 0 Å². The van der Waals surface area contributed by atoms with Gasteiger partial charge < -0.3 is 19.5 Å². The number of hydrogen-bond donors (Lipinski definition) is 2. The van der Waals surface area contributed by atoms with Crippen molar-refractivity contribution < 1.29 is 19.0 Å². The van der Waals surface area contributed by atoms with E-state index in [0.717, 1.165) is 17.0 Å². The van der Waals surface area contributed by atoms with Crippen LogP contribution in [0.3, 0.4) is 0 Å². The van der Waals surface area contributed by atoms with E-state index in [1.54, 1.807) is 12.1 Å². The SMILES string of the molecule is COc1cc(C(=O)Nc2ccc(C(C)=NNc3ccccc3)cc2)cc(OC)c1OC. The highest BCUT2D eigenvalue weighted by Crippen LogP contribution is 2.38. The van der Waals surface area contributed by atoms with E-state index in [-0.39, 0.29) is 5.91 Å². The Hall–Kier alpha value is -4.00. The van der Waals surface area contributed by atoms with E-state index in [9.17, 15) is 4.79 Å². The summed E-state index contributed by atoms with van der Waals surface area (Å²) in [6.07, 6.45) is 0. The number of amides is 1. The van der Waals surface area contributed by atoms with Crippen LogP contribution in [0.5, 0.6) is 17.2 Å². The van der Waals surface area contributed by atoms with Gasteiger partial charge in [0, 0.05) is 11.3 Å². The summed E-state index contributed by atoms with van der Waals surface area (Å²) in [7, 11) is 4.53. The molecule has 0 spiro atoms. The van der Waals surface area contributed by atoms with E-state index >= 15 is 0 Å². The van der Waals surface area contributed by atoms with E-state index in [0.29, 0.717) is 28.5 Å². The Balaban J connectivity index is 1.71. The summed E-state index contributed by atoms with van der Waals surface area (Å²) in [5, 5.41) is 7.27. The van der Waals surface area contributed by atoms with Crippen molar-refractivity contribution in [3.63, 3.8) is 0 Å². The molecule has 0 aliphatic rings. The lowest BCUT2D eigenvalue weighted by Crippen LogP contribution is -2.12. The van der Waals surface area contributed by atoms with Crippen molar-refractivity contribution in [3.05, 3.63) is 77.9 Å². The molecule has 3 aromatic rings. The maximum Gasteiger partial charge on any atom is 0.255 e. The van der Waals surface area contributed by atoms with Gasteiger partial charge in [-0.1, -0.05) is 30.3 Å². The summed E-state index contributed by atoms with van der Waals surface area (Å²) in [4.78, 5) is 12.7. The molecule has 0 aliphatic heterocycles. The number of carbonyl (C=O) groups is 1. The van der Waals surface area contributed by atoms with E-state index < -0.39 is 0 Å². The van der Waals surface area contributed by atoms with E-state index in [2.05, 4.69) is 15.8 Å². The number of carbonyl (C=O) groups excluding carboxylic acids is 1. The van der Waals surface area contributed by atoms with Crippen LogP contribution in [0, 0.1) is 0 Å². The van der Waals surface area contributed by atoms with Crippen molar-refractivity contribution >= 4 is 23.0 Å². The van der Waals surface area contributed by atoms with Gasteiger partial charge in [0.2, 0.25) is 5.75 Å². The van der Waals surface area contributed by atoms with Gasteiger partial charge in [0.15, 0.2) is 11.5 Å². The van der Waals surface area contributed by atoms with Crippen molar-refractivity contribution in [1.82, 2.24) is 0 Å². The van der Waals surface area contributed by atoms with Gasteiger partial charge in [0.25, 0.3) is 5.91 Å². The third-order valence-electron chi connectivity index (χ3n) is 4.61. The first-order valence-electron chi connectivity index (χ1n) is 9.63. The average molecular weight is 419 g/mol. The highest BCUT2D eigenvalue weighted by atomic mass is 16.5. The Kier molecular flexibility index (Phi) is 7.11. The molecule has 3 rings (SSSR count). The minimum absolute atomic E-state index is 0.289. The Bertz CT molecular complexity index is 1040. The number of hydrogen-bond acceptors (Lipinski definition) is 6. The van der Waals surface area contributed by atoms with Crippen molar-refractivity contribution in [1.29, 1.82) is 0 Å². The summed E-state index contributed by atoms with van der Waals surface area (Å²) >= 11 is 0. The van der Waals surface area contributed by atoms with Gasteiger partial charge in [0.1, 0.15) is 0 Å². The number of para-hydroxylation sites is 1. The fraction of sp³-hybridized carbons (Fsp3) is 0.167. The zero-order chi connectivity index (χ0) is 22.2. The number of nitrogens with zero attached hydrogens (tertiary/aromatic N) is 1. The second kappa shape index (κ2) is 10.2. The molecule has 0 saturated heterocycles. The number of hydrazone groups is 1. The highest BCUT2D eigenvalue weighted by molar-refractivity contribution is 6.05. The van der Waals surface area contributed by atoms with Crippen molar-refractivity contribution in [2.24, 2.45) is 5.10 Å². The fourth-order valence-corrected chi connectivity index (χ4v) is 2.94. The molecule has 0 fully saturated rings. The van der Waals surface area contributed by atoms with Gasteiger partial charge in [0.05, 0.1) is 32.7 Å². The summed E-state index contributed by atoms with van der Waals surface area (Å²) in [5.41, 5.74) is 6.75. The van der Waals surface area contributed by atoms with Crippen LogP contribution < -0.4 is 25.0 Å². The Morgan fingerprint density at radius 3 is 1.94 bits per heavy atom. The molecular weight excluding hydrogens is 394 g/mol. The molecule has 0 unspecified atom stereocenters. The van der Waals surface area contributed by atoms with Crippen molar-refractivity contribution in [2.75, 3.05) is 32.1 Å². The van der Waals surface area contributed by atoms with Crippen molar-refractivity contribution in [3.8, 4) is 17.2 Å². The molecule has 0 aromatic heterocycles. The standard InChI is InChI=1S/C24H25N3O4/c1-16(26-27-20-8-6-5-7-9-20)17-10-12-19(13-11-17)25-24(28)18-14-21(29-2)23(31-4)22(15-18)30-3/h5-15,27H,1-4H3,(H,25,28). The summed E-state index contributed by atoms with van der Waals surface area (Å²) in [6.45, 7) is 1.92. The predicted molar refractivity (Wildman–Crippen MR) is 123 cm³/mol. The monoisotopic (exact) mass is 419 g/mol. The minimum atomic E-state index is -0.289. The first-order valence-corrected chi connectivity index (χ1v) is 9.63. The Morgan fingerprint density at radius 1 is 0.774 bits per heavy atom. The molecule has 7 heteroatoms. The van der Waals surface area contributed by atoms with Crippen LogP contribution in [0.1, 0.15) is 22.8 Å². The van der Waals surface area contributed by atoms with Crippen LogP contribution in [-0.2, 0) is 0 Å². The smallest absolute Gasteiger partial charge is 0.255 e. The van der Waals surface area contributed by atoms with E-state index in [1.807, 2.05) is 61.5 Å². The number of benzene rings is 3. The molecule has 1 amide bonds. The van der Waals surface area contributed by atoms with E-state index in [1.165, 1.54) is 21.3 Å². The van der Waals surface area contributed by atoms with Gasteiger partial charge in [-0.25, -0.2) is 0 Å². The molecule has 2 N–H and O–H groups in total. The molecule has 0 aliphatic carbocycles. The number of ether oxygens (including phenoxy) is 3. The lowest BCUT2D eigenvalue weighted by molar-refractivity contribution is 0.102. The first-order chi connectivity index (χ1) is 15.0. The zero-order valence-corrected chi connectivity index (χ0v) is 17.9. The number of anilines is 2. The Labute approximate surface area is 181 Å². The molecule has 0 atom stereocenters. The summed E-state index contributed by atoms with van der Waals surface area (Å²) in [5.74, 6) is 0.980. The van der Waals surface area contributed by atoms with Crippen LogP contribution in [0.15, 0.2) is 71.8 Å². The quantitative estimate of drug-likeness (QED) is 0.405. The second-order valence-corrected chi connectivity index (χ2v) is 6.62. The maximum absolute atomic E-state index is 12.7. The summed E-state index contributed by atoms with van der Waals surface area (Å²) in [6, 6.07) is 20.4. The molecule has 0 saturated carbocycles. The topological polar surface area (TPSA) is 81.2 Å². The lowest BCUT2D eigenvalue weighted by atomic mass is 10.1. The lowest BCUT2D eigenvalue weighted by Gasteiger charge is -2.14. The van der Waals surface area contributed by atoms with Crippen LogP contribution in [-0.4, -0.2) is 32.9 Å². The molecule has 31 heavy (non-hydrogen) atoms. The largest absolute Gasteiger partial charge is 0.493 e. The van der Waals surface area contributed by atoms with Gasteiger partial charge in [-0.3, -0.25) is 10.2 Å². The van der Waals surface area contributed by atoms with Crippen LogP contribution in [0.4, 0.5) is 11.4 Å². The van der Waals surface area contributed by atoms with Crippen LogP contribution in [0.2, 0.25) is 0 Å². The summed E-state index contributed by atoms with van der Waals surface area (Å²) < 4.78 is 15.9. The fourth-order valence-electron chi connectivity index (χ4n) is 2.94. The molecular formula is C24H25N3O4. The van der Waals surface area contributed by atoms with Gasteiger partial charge >= 0.3 is 0 Å². The zero-order valence-electron chi connectivity index (χ0n) is 17.9. The highest BCUT2D eigenvalue weighted by Gasteiger charge is 2.17. The molecule has 0 radical (unpaired) electrons. The normalized spacial score (nSPS) is 10.9. The van der Waals surface area contributed by atoms with Crippen molar-refractivity contribution in [2.45, 2.75) is 6.92 Å². The second-order valence-electron chi connectivity index (χ2n) is 6.62. The number of rotatable bonds is 8. The number of methoxy groups -OCH3 is 3. The Morgan fingerprint density at radius 2 is 1.39 bits per heavy atom. The molecule has 160 valence electrons. The van der Waals surface area contributed by atoms with Gasteiger partial charge in [-0.15, -0.1) is 0 Å². The van der Waals surface area contributed by atoms with Gasteiger partial charge in [-0.05, 0) is 48.9 Å². The predicted octanol–water partition coefficient (Wildman–Crippen LogP) is 4.80. The van der Waals surface area contributed by atoms with Gasteiger partial charge in [-0.2, -0.15) is 5.10 Å². The molecule has 7 nitrogen and oxygen atoms in total. The molecule has 0 bridgehead atoms. The molecule has 0 heterocycles. The first kappa shape index (κ1) is 21.7. The molecule has 3 aromatic carbocycles. The van der Waals surface area contributed by atoms with Crippen LogP contribution in [0.25, 0.3) is 0 Å².